The first kappa shape index (κ1) is 25.1. The molecule has 2 nitrogen and oxygen atoms in total. The summed E-state index contributed by atoms with van der Waals surface area (Å²) in [7, 11) is 0. The van der Waals surface area contributed by atoms with E-state index < -0.39 is 18.0 Å². The van der Waals surface area contributed by atoms with Gasteiger partial charge >= 0.3 is 12.4 Å². The molecule has 2 N–H and O–H groups in total. The lowest BCUT2D eigenvalue weighted by Gasteiger charge is -2.31. The van der Waals surface area contributed by atoms with Gasteiger partial charge in [0.25, 0.3) is 5.60 Å². The van der Waals surface area contributed by atoms with Crippen LogP contribution in [0.5, 0.6) is 0 Å². The van der Waals surface area contributed by atoms with E-state index in [1.54, 1.807) is 0 Å². The molecule has 0 bridgehead atoms. The average molecular weight is 464 g/mol. The van der Waals surface area contributed by atoms with Crippen molar-refractivity contribution in [3.63, 3.8) is 0 Å². The summed E-state index contributed by atoms with van der Waals surface area (Å²) in [6.45, 7) is 0. The van der Waals surface area contributed by atoms with E-state index in [1.807, 2.05) is 0 Å². The highest BCUT2D eigenvalue weighted by molar-refractivity contribution is 5.30. The summed E-state index contributed by atoms with van der Waals surface area (Å²) in [4.78, 5) is 0. The van der Waals surface area contributed by atoms with Crippen molar-refractivity contribution in [3.05, 3.63) is 47.1 Å². The van der Waals surface area contributed by atoms with Crippen LogP contribution >= 0.6 is 0 Å². The van der Waals surface area contributed by atoms with Gasteiger partial charge in [0.05, 0.1) is 6.10 Å². The van der Waals surface area contributed by atoms with E-state index in [2.05, 4.69) is 18.2 Å². The van der Waals surface area contributed by atoms with Crippen molar-refractivity contribution < 1.29 is 36.6 Å². The first-order chi connectivity index (χ1) is 14.9. The fourth-order valence-corrected chi connectivity index (χ4v) is 5.16. The van der Waals surface area contributed by atoms with Gasteiger partial charge in [-0.25, -0.2) is 0 Å². The monoisotopic (exact) mass is 464 g/mol. The highest BCUT2D eigenvalue weighted by atomic mass is 19.4. The third kappa shape index (κ3) is 5.50. The topological polar surface area (TPSA) is 40.5 Å². The van der Waals surface area contributed by atoms with Crippen molar-refractivity contribution in [2.24, 2.45) is 11.8 Å². The molecule has 0 aromatic heterocycles. The maximum atomic E-state index is 12.8. The van der Waals surface area contributed by atoms with Crippen molar-refractivity contribution in [2.45, 2.75) is 88.3 Å². The van der Waals surface area contributed by atoms with Gasteiger partial charge in [-0.15, -0.1) is 0 Å². The summed E-state index contributed by atoms with van der Waals surface area (Å²) >= 11 is 0. The number of halogens is 6. The molecule has 0 amide bonds. The largest absolute Gasteiger partial charge is 0.429 e. The van der Waals surface area contributed by atoms with E-state index >= 15 is 0 Å². The Labute approximate surface area is 184 Å². The zero-order valence-corrected chi connectivity index (χ0v) is 17.9. The molecule has 8 heteroatoms. The number of rotatable bonds is 5. The molecule has 0 saturated heterocycles. The maximum absolute atomic E-state index is 12.8. The molecule has 32 heavy (non-hydrogen) atoms. The van der Waals surface area contributed by atoms with Crippen LogP contribution in [0.3, 0.4) is 0 Å². The molecule has 0 aliphatic heterocycles. The zero-order valence-electron chi connectivity index (χ0n) is 17.9. The average Bonchev–Trinajstić information content (AvgIpc) is 3.11. The van der Waals surface area contributed by atoms with E-state index in [1.165, 1.54) is 11.1 Å². The zero-order chi connectivity index (χ0) is 23.6. The Balaban J connectivity index is 1.60. The molecule has 3 rings (SSSR count). The minimum Gasteiger partial charge on any atom is -0.393 e. The standard InChI is InChI=1S/C24H30F6O2/c25-23(26,27)22(32,24(28,29)30)14-2-1-6-17-12-13-21-18(7-4-9-20(17)21)11-10-16-5-3-8-19(31)15-16/h2,10-12,14,19-21,31-32H,1,3-9,13,15H2/b14-2+,16-10-,18-11+/t19-,20+,21?/m0/s1. The lowest BCUT2D eigenvalue weighted by molar-refractivity contribution is -0.347. The highest BCUT2D eigenvalue weighted by Crippen LogP contribution is 2.47. The minimum atomic E-state index is -5.83. The fraction of sp³-hybridized carbons (Fsp3) is 0.667. The third-order valence-corrected chi connectivity index (χ3v) is 6.94. The number of fused-ring (bicyclic) bond motifs is 1. The summed E-state index contributed by atoms with van der Waals surface area (Å²) in [5.74, 6) is 0.596. The number of aliphatic hydroxyl groups is 2. The van der Waals surface area contributed by atoms with Gasteiger partial charge in [0.15, 0.2) is 0 Å². The van der Waals surface area contributed by atoms with Crippen molar-refractivity contribution in [2.75, 3.05) is 0 Å². The summed E-state index contributed by atoms with van der Waals surface area (Å²) < 4.78 is 76.6. The molecule has 3 aliphatic carbocycles. The van der Waals surface area contributed by atoms with Gasteiger partial charge in [-0.05, 0) is 82.1 Å². The second-order valence-electron chi connectivity index (χ2n) is 9.14. The van der Waals surface area contributed by atoms with E-state index in [-0.39, 0.29) is 24.5 Å². The molecule has 0 heterocycles. The predicted octanol–water partition coefficient (Wildman–Crippen LogP) is 6.71. The predicted molar refractivity (Wildman–Crippen MR) is 110 cm³/mol. The van der Waals surface area contributed by atoms with Crippen molar-refractivity contribution in [3.8, 4) is 0 Å². The van der Waals surface area contributed by atoms with Gasteiger partial charge in [0, 0.05) is 0 Å². The third-order valence-electron chi connectivity index (χ3n) is 6.94. The summed E-state index contributed by atoms with van der Waals surface area (Å²) in [5, 5.41) is 19.0. The molecular formula is C24H30F6O2. The lowest BCUT2D eigenvalue weighted by Crippen LogP contribution is -2.55. The fourth-order valence-electron chi connectivity index (χ4n) is 5.16. The number of allylic oxidation sites excluding steroid dienone is 6. The molecule has 2 fully saturated rings. The first-order valence-corrected chi connectivity index (χ1v) is 11.2. The Morgan fingerprint density at radius 1 is 0.938 bits per heavy atom. The number of alkyl halides is 6. The summed E-state index contributed by atoms with van der Waals surface area (Å²) in [5.41, 5.74) is -1.17. The molecule has 0 spiro atoms. The van der Waals surface area contributed by atoms with Crippen LogP contribution < -0.4 is 0 Å². The van der Waals surface area contributed by atoms with Crippen LogP contribution in [0.15, 0.2) is 47.1 Å². The minimum absolute atomic E-state index is 0.00447. The summed E-state index contributed by atoms with van der Waals surface area (Å²) in [6, 6.07) is 0. The molecule has 180 valence electrons. The molecule has 0 aromatic rings. The Kier molecular flexibility index (Phi) is 7.65. The molecule has 1 unspecified atom stereocenters. The van der Waals surface area contributed by atoms with Gasteiger partial charge in [-0.3, -0.25) is 0 Å². The van der Waals surface area contributed by atoms with E-state index in [9.17, 15) is 36.6 Å². The van der Waals surface area contributed by atoms with E-state index in [0.717, 1.165) is 56.6 Å². The lowest BCUT2D eigenvalue weighted by atomic mass is 9.74. The van der Waals surface area contributed by atoms with Crippen LogP contribution in [0.25, 0.3) is 0 Å². The van der Waals surface area contributed by atoms with E-state index in [0.29, 0.717) is 18.8 Å². The Morgan fingerprint density at radius 2 is 1.62 bits per heavy atom. The quantitative estimate of drug-likeness (QED) is 0.351. The Bertz CT molecular complexity index is 773. The first-order valence-electron chi connectivity index (χ1n) is 11.2. The molecule has 0 radical (unpaired) electrons. The molecule has 3 aliphatic rings. The van der Waals surface area contributed by atoms with Crippen LogP contribution in [-0.2, 0) is 0 Å². The van der Waals surface area contributed by atoms with Crippen LogP contribution in [0.1, 0.15) is 64.2 Å². The van der Waals surface area contributed by atoms with Gasteiger partial charge in [0.1, 0.15) is 0 Å². The van der Waals surface area contributed by atoms with Crippen LogP contribution in [0.4, 0.5) is 26.3 Å². The van der Waals surface area contributed by atoms with Crippen molar-refractivity contribution in [1.29, 1.82) is 0 Å². The van der Waals surface area contributed by atoms with Crippen LogP contribution in [-0.4, -0.2) is 34.3 Å². The van der Waals surface area contributed by atoms with Crippen LogP contribution in [0, 0.1) is 11.8 Å². The number of hydrogen-bond donors (Lipinski definition) is 2. The van der Waals surface area contributed by atoms with Gasteiger partial charge < -0.3 is 10.2 Å². The number of aliphatic hydroxyl groups excluding tert-OH is 1. The second-order valence-corrected chi connectivity index (χ2v) is 9.14. The molecule has 2 saturated carbocycles. The Hall–Kier alpha value is -1.54. The van der Waals surface area contributed by atoms with Crippen LogP contribution in [0.2, 0.25) is 0 Å². The van der Waals surface area contributed by atoms with E-state index in [4.69, 9.17) is 0 Å². The van der Waals surface area contributed by atoms with Crippen molar-refractivity contribution >= 4 is 0 Å². The van der Waals surface area contributed by atoms with Gasteiger partial charge in [-0.2, -0.15) is 26.3 Å². The number of hydrogen-bond acceptors (Lipinski definition) is 2. The normalized spacial score (nSPS) is 30.2. The molecule has 3 atom stereocenters. The maximum Gasteiger partial charge on any atom is 0.429 e. The van der Waals surface area contributed by atoms with Gasteiger partial charge in [0.2, 0.25) is 0 Å². The highest BCUT2D eigenvalue weighted by Gasteiger charge is 2.68. The Morgan fingerprint density at radius 3 is 2.28 bits per heavy atom. The molecular weight excluding hydrogens is 434 g/mol. The summed E-state index contributed by atoms with van der Waals surface area (Å²) in [6.07, 6.45) is 2.71. The van der Waals surface area contributed by atoms with Crippen molar-refractivity contribution in [1.82, 2.24) is 0 Å². The second kappa shape index (κ2) is 9.75. The smallest absolute Gasteiger partial charge is 0.393 e. The SMILES string of the molecule is O[C@H]1CCC/C(=C/C=C2\CCC[C@@H]3C(CC/C=C/C(O)(C(F)(F)F)C(F)(F)F)=CCC23)C1. The van der Waals surface area contributed by atoms with Gasteiger partial charge in [-0.1, -0.05) is 41.0 Å². The molecule has 0 aromatic carbocycles.